The number of hydrogen-bond acceptors (Lipinski definition) is 3. The van der Waals surface area contributed by atoms with Crippen LogP contribution in [0.5, 0.6) is 11.5 Å². The Balaban J connectivity index is 2.73. The van der Waals surface area contributed by atoms with E-state index in [1.165, 1.54) is 13.4 Å². The maximum Gasteiger partial charge on any atom is 0.219 e. The molecule has 17 heavy (non-hydrogen) atoms. The quantitative estimate of drug-likeness (QED) is 0.775. The van der Waals surface area contributed by atoms with Crippen LogP contribution in [-0.2, 0) is 3.79 Å². The zero-order chi connectivity index (χ0) is 12.6. The summed E-state index contributed by atoms with van der Waals surface area (Å²) in [6.07, 6.45) is 1.40. The molecule has 0 atom stereocenters. The highest BCUT2D eigenvalue weighted by molar-refractivity contribution is 6.67. The second-order valence-corrected chi connectivity index (χ2v) is 5.61. The molecule has 0 aliphatic rings. The molecule has 0 aliphatic carbocycles. The fourth-order valence-corrected chi connectivity index (χ4v) is 2.07. The average Bonchev–Trinajstić information content (AvgIpc) is 2.70. The van der Waals surface area contributed by atoms with E-state index in [1.54, 1.807) is 19.2 Å². The molecule has 0 saturated carbocycles. The smallest absolute Gasteiger partial charge is 0.219 e. The summed E-state index contributed by atoms with van der Waals surface area (Å²) in [4.78, 5) is 0. The first-order valence-corrected chi connectivity index (χ1v) is 5.81. The van der Waals surface area contributed by atoms with Gasteiger partial charge in [-0.2, -0.15) is 0 Å². The number of furan rings is 1. The summed E-state index contributed by atoms with van der Waals surface area (Å²) in [5.74, 6) is 1.04. The maximum atomic E-state index is 5.85. The number of fused-ring (bicyclic) bond motifs is 1. The van der Waals surface area contributed by atoms with Crippen LogP contribution in [0.2, 0.25) is 0 Å². The zero-order valence-corrected chi connectivity index (χ0v) is 11.4. The van der Waals surface area contributed by atoms with Gasteiger partial charge in [-0.1, -0.05) is 34.8 Å². The van der Waals surface area contributed by atoms with Crippen LogP contribution in [0.25, 0.3) is 11.0 Å². The summed E-state index contributed by atoms with van der Waals surface area (Å²) >= 11 is 17.5. The van der Waals surface area contributed by atoms with Crippen LogP contribution < -0.4 is 9.47 Å². The minimum atomic E-state index is -1.54. The predicted octanol–water partition coefficient (Wildman–Crippen LogP) is 4.28. The standard InChI is InChI=1S/C11H9Cl3O3/c1-15-8-4-3-6-7(11(12,13)14)5-17-9(6)10(8)16-2/h3-5H,1-2H3. The van der Waals surface area contributed by atoms with Crippen molar-refractivity contribution in [2.24, 2.45) is 0 Å². The molecule has 0 fully saturated rings. The second-order valence-electron chi connectivity index (χ2n) is 3.32. The molecule has 0 radical (unpaired) electrons. The molecule has 1 aromatic heterocycles. The third-order valence-electron chi connectivity index (χ3n) is 2.39. The van der Waals surface area contributed by atoms with Crippen LogP contribution in [-0.4, -0.2) is 14.2 Å². The van der Waals surface area contributed by atoms with Crippen molar-refractivity contribution in [3.05, 3.63) is 24.0 Å². The molecule has 3 nitrogen and oxygen atoms in total. The largest absolute Gasteiger partial charge is 0.493 e. The molecule has 0 spiro atoms. The fraction of sp³-hybridized carbons (Fsp3) is 0.273. The van der Waals surface area contributed by atoms with E-state index in [0.717, 1.165) is 0 Å². The SMILES string of the molecule is COc1ccc2c(C(Cl)(Cl)Cl)coc2c1OC. The van der Waals surface area contributed by atoms with E-state index in [9.17, 15) is 0 Å². The van der Waals surface area contributed by atoms with E-state index in [-0.39, 0.29) is 0 Å². The third kappa shape index (κ3) is 2.15. The minimum absolute atomic E-state index is 0.471. The summed E-state index contributed by atoms with van der Waals surface area (Å²) < 4.78 is 14.2. The Morgan fingerprint density at radius 1 is 1.12 bits per heavy atom. The van der Waals surface area contributed by atoms with Crippen LogP contribution in [0.3, 0.4) is 0 Å². The highest BCUT2D eigenvalue weighted by Crippen LogP contribution is 2.46. The molecular weight excluding hydrogens is 286 g/mol. The predicted molar refractivity (Wildman–Crippen MR) is 68.6 cm³/mol. The Hall–Kier alpha value is -0.770. The van der Waals surface area contributed by atoms with Gasteiger partial charge in [0.25, 0.3) is 0 Å². The van der Waals surface area contributed by atoms with Gasteiger partial charge in [-0.3, -0.25) is 0 Å². The molecule has 0 bridgehead atoms. The lowest BCUT2D eigenvalue weighted by Crippen LogP contribution is -1.98. The number of ether oxygens (including phenoxy) is 2. The van der Waals surface area contributed by atoms with Crippen molar-refractivity contribution in [1.29, 1.82) is 0 Å². The molecule has 2 aromatic rings. The number of alkyl halides is 3. The molecule has 1 heterocycles. The van der Waals surface area contributed by atoms with E-state index in [2.05, 4.69) is 0 Å². The Bertz CT molecular complexity index is 543. The number of hydrogen-bond donors (Lipinski definition) is 0. The highest BCUT2D eigenvalue weighted by atomic mass is 35.6. The lowest BCUT2D eigenvalue weighted by molar-refractivity contribution is 0.353. The lowest BCUT2D eigenvalue weighted by atomic mass is 10.1. The van der Waals surface area contributed by atoms with Gasteiger partial charge >= 0.3 is 0 Å². The van der Waals surface area contributed by atoms with E-state index < -0.39 is 3.79 Å². The van der Waals surface area contributed by atoms with Gasteiger partial charge < -0.3 is 13.9 Å². The first-order valence-electron chi connectivity index (χ1n) is 4.68. The van der Waals surface area contributed by atoms with Gasteiger partial charge in [0.2, 0.25) is 9.54 Å². The summed E-state index contributed by atoms with van der Waals surface area (Å²) in [5.41, 5.74) is 0.964. The van der Waals surface area contributed by atoms with Crippen molar-refractivity contribution in [3.8, 4) is 11.5 Å². The lowest BCUT2D eigenvalue weighted by Gasteiger charge is -2.10. The van der Waals surface area contributed by atoms with Gasteiger partial charge in [0.1, 0.15) is 0 Å². The third-order valence-corrected chi connectivity index (χ3v) is 3.00. The van der Waals surface area contributed by atoms with Gasteiger partial charge in [-0.15, -0.1) is 0 Å². The molecule has 0 amide bonds. The Kier molecular flexibility index (Phi) is 3.34. The molecule has 1 aromatic carbocycles. The molecule has 0 unspecified atom stereocenters. The molecule has 92 valence electrons. The summed E-state index contributed by atoms with van der Waals surface area (Å²) in [6.45, 7) is 0. The topological polar surface area (TPSA) is 31.6 Å². The van der Waals surface area contributed by atoms with Crippen molar-refractivity contribution in [2.45, 2.75) is 3.79 Å². The van der Waals surface area contributed by atoms with Gasteiger partial charge in [0.05, 0.1) is 20.5 Å². The number of benzene rings is 1. The number of methoxy groups -OCH3 is 2. The van der Waals surface area contributed by atoms with Crippen LogP contribution in [0.4, 0.5) is 0 Å². The molecule has 0 aliphatic heterocycles. The molecule has 0 N–H and O–H groups in total. The zero-order valence-electron chi connectivity index (χ0n) is 9.09. The van der Waals surface area contributed by atoms with E-state index in [1.807, 2.05) is 0 Å². The van der Waals surface area contributed by atoms with E-state index in [0.29, 0.717) is 28.0 Å². The molecule has 6 heteroatoms. The van der Waals surface area contributed by atoms with Crippen LogP contribution in [0, 0.1) is 0 Å². The van der Waals surface area contributed by atoms with Crippen molar-refractivity contribution < 1.29 is 13.9 Å². The van der Waals surface area contributed by atoms with E-state index in [4.69, 9.17) is 48.7 Å². The van der Waals surface area contributed by atoms with Gasteiger partial charge in [0.15, 0.2) is 11.3 Å². The van der Waals surface area contributed by atoms with Crippen molar-refractivity contribution >= 4 is 45.8 Å². The van der Waals surface area contributed by atoms with E-state index >= 15 is 0 Å². The van der Waals surface area contributed by atoms with Crippen LogP contribution in [0.15, 0.2) is 22.8 Å². The van der Waals surface area contributed by atoms with Crippen molar-refractivity contribution in [3.63, 3.8) is 0 Å². The summed E-state index contributed by atoms with van der Waals surface area (Å²) in [5, 5.41) is 0.683. The Labute approximate surface area is 113 Å². The normalized spacial score (nSPS) is 11.8. The van der Waals surface area contributed by atoms with Crippen LogP contribution in [0.1, 0.15) is 5.56 Å². The molecule has 0 saturated heterocycles. The first kappa shape index (κ1) is 12.7. The Morgan fingerprint density at radius 3 is 2.35 bits per heavy atom. The minimum Gasteiger partial charge on any atom is -0.493 e. The van der Waals surface area contributed by atoms with Crippen molar-refractivity contribution in [2.75, 3.05) is 14.2 Å². The fourth-order valence-electron chi connectivity index (χ4n) is 1.63. The van der Waals surface area contributed by atoms with Gasteiger partial charge in [-0.25, -0.2) is 0 Å². The monoisotopic (exact) mass is 294 g/mol. The highest BCUT2D eigenvalue weighted by Gasteiger charge is 2.29. The van der Waals surface area contributed by atoms with Crippen LogP contribution >= 0.6 is 34.8 Å². The second kappa shape index (κ2) is 4.48. The molecular formula is C11H9Cl3O3. The number of halogens is 3. The maximum absolute atomic E-state index is 5.85. The van der Waals surface area contributed by atoms with Gasteiger partial charge in [0, 0.05) is 10.9 Å². The van der Waals surface area contributed by atoms with Gasteiger partial charge in [-0.05, 0) is 12.1 Å². The Morgan fingerprint density at radius 2 is 1.82 bits per heavy atom. The summed E-state index contributed by atoms with van der Waals surface area (Å²) in [7, 11) is 3.07. The van der Waals surface area contributed by atoms with Crippen molar-refractivity contribution in [1.82, 2.24) is 0 Å². The summed E-state index contributed by atoms with van der Waals surface area (Å²) in [6, 6.07) is 3.49. The molecule has 2 rings (SSSR count). The number of rotatable bonds is 2. The first-order chi connectivity index (χ1) is 7.99. The average molecular weight is 296 g/mol.